The van der Waals surface area contributed by atoms with Crippen LogP contribution in [-0.2, 0) is 0 Å². The van der Waals surface area contributed by atoms with E-state index in [4.69, 9.17) is 0 Å². The topological polar surface area (TPSA) is 15.3 Å². The molecule has 1 saturated heterocycles. The third kappa shape index (κ3) is 3.03. The minimum Gasteiger partial charge on any atom is -0.315 e. The van der Waals surface area contributed by atoms with Crippen molar-refractivity contribution in [1.29, 1.82) is 0 Å². The van der Waals surface area contributed by atoms with Gasteiger partial charge in [-0.1, -0.05) is 19.3 Å². The Balaban J connectivity index is 1.26. The van der Waals surface area contributed by atoms with Gasteiger partial charge in [0.2, 0.25) is 0 Å². The maximum atomic E-state index is 3.71. The lowest BCUT2D eigenvalue weighted by Crippen LogP contribution is -2.36. The van der Waals surface area contributed by atoms with E-state index in [1.807, 2.05) is 0 Å². The van der Waals surface area contributed by atoms with Crippen LogP contribution in [0.5, 0.6) is 0 Å². The minimum absolute atomic E-state index is 1.05. The first-order valence-electron chi connectivity index (χ1n) is 7.88. The summed E-state index contributed by atoms with van der Waals surface area (Å²) in [5.74, 6) is 3.29. The van der Waals surface area contributed by atoms with E-state index < -0.39 is 0 Å². The van der Waals surface area contributed by atoms with Crippen molar-refractivity contribution in [3.05, 3.63) is 0 Å². The first-order valence-corrected chi connectivity index (χ1v) is 7.88. The molecule has 2 heteroatoms. The highest BCUT2D eigenvalue weighted by atomic mass is 15.1. The predicted octanol–water partition coefficient (Wildman–Crippen LogP) is 2.50. The molecule has 3 fully saturated rings. The van der Waals surface area contributed by atoms with Gasteiger partial charge in [0.05, 0.1) is 0 Å². The molecule has 2 unspecified atom stereocenters. The molecular weight excluding hydrogens is 208 g/mol. The van der Waals surface area contributed by atoms with Crippen LogP contribution in [0, 0.1) is 17.8 Å². The fraction of sp³-hybridized carbons (Fsp3) is 1.00. The summed E-state index contributed by atoms with van der Waals surface area (Å²) in [6.45, 7) is 6.49. The third-order valence-corrected chi connectivity index (χ3v) is 5.27. The third-order valence-electron chi connectivity index (χ3n) is 5.27. The number of hydrogen-bond acceptors (Lipinski definition) is 2. The number of rotatable bonds is 5. The Morgan fingerprint density at radius 2 is 1.59 bits per heavy atom. The van der Waals surface area contributed by atoms with Crippen LogP contribution < -0.4 is 5.32 Å². The van der Waals surface area contributed by atoms with Gasteiger partial charge >= 0.3 is 0 Å². The maximum Gasteiger partial charge on any atom is 0.0107 e. The zero-order valence-corrected chi connectivity index (χ0v) is 11.2. The molecule has 0 spiro atoms. The fourth-order valence-corrected chi connectivity index (χ4v) is 4.13. The Bertz CT molecular complexity index is 223. The monoisotopic (exact) mass is 236 g/mol. The zero-order chi connectivity index (χ0) is 11.5. The molecule has 2 atom stereocenters. The van der Waals surface area contributed by atoms with Gasteiger partial charge in [-0.15, -0.1) is 0 Å². The highest BCUT2D eigenvalue weighted by Gasteiger charge is 2.49. The van der Waals surface area contributed by atoms with Gasteiger partial charge in [0.15, 0.2) is 0 Å². The molecule has 1 aliphatic heterocycles. The van der Waals surface area contributed by atoms with Crippen molar-refractivity contribution in [3.63, 3.8) is 0 Å². The van der Waals surface area contributed by atoms with Gasteiger partial charge in [-0.25, -0.2) is 0 Å². The second-order valence-corrected chi connectivity index (χ2v) is 6.38. The summed E-state index contributed by atoms with van der Waals surface area (Å²) < 4.78 is 0. The van der Waals surface area contributed by atoms with Gasteiger partial charge in [0, 0.05) is 13.1 Å². The molecule has 0 aromatic heterocycles. The lowest BCUT2D eigenvalue weighted by Gasteiger charge is -2.26. The summed E-state index contributed by atoms with van der Waals surface area (Å²) in [5.41, 5.74) is 0. The van der Waals surface area contributed by atoms with Gasteiger partial charge in [-0.05, 0) is 63.1 Å². The number of likely N-dealkylation sites (tertiary alicyclic amines) is 1. The molecule has 0 amide bonds. The summed E-state index contributed by atoms with van der Waals surface area (Å²) in [5, 5.41) is 3.71. The molecule has 17 heavy (non-hydrogen) atoms. The van der Waals surface area contributed by atoms with Crippen LogP contribution in [0.4, 0.5) is 0 Å². The summed E-state index contributed by atoms with van der Waals surface area (Å²) in [6, 6.07) is 0. The van der Waals surface area contributed by atoms with Crippen LogP contribution in [-0.4, -0.2) is 37.6 Å². The average Bonchev–Trinajstić information content (AvgIpc) is 3.10. The normalized spacial score (nSPS) is 37.8. The van der Waals surface area contributed by atoms with Gasteiger partial charge < -0.3 is 10.2 Å². The second kappa shape index (κ2) is 5.71. The van der Waals surface area contributed by atoms with Crippen LogP contribution in [0.25, 0.3) is 0 Å². The van der Waals surface area contributed by atoms with Crippen molar-refractivity contribution in [2.45, 2.75) is 44.9 Å². The molecule has 2 saturated carbocycles. The van der Waals surface area contributed by atoms with Crippen molar-refractivity contribution in [1.82, 2.24) is 10.2 Å². The maximum absolute atomic E-state index is 3.71. The molecule has 0 aromatic carbocycles. The van der Waals surface area contributed by atoms with Crippen LogP contribution >= 0.6 is 0 Å². The van der Waals surface area contributed by atoms with E-state index in [-0.39, 0.29) is 0 Å². The van der Waals surface area contributed by atoms with Gasteiger partial charge in [-0.3, -0.25) is 0 Å². The van der Waals surface area contributed by atoms with Crippen molar-refractivity contribution in [3.8, 4) is 0 Å². The summed E-state index contributed by atoms with van der Waals surface area (Å²) in [7, 11) is 0. The highest BCUT2D eigenvalue weighted by Crippen LogP contribution is 2.54. The van der Waals surface area contributed by atoms with Crippen LogP contribution in [0.1, 0.15) is 44.9 Å². The lowest BCUT2D eigenvalue weighted by atomic mass is 10.0. The highest BCUT2D eigenvalue weighted by molar-refractivity contribution is 4.99. The van der Waals surface area contributed by atoms with Crippen molar-refractivity contribution >= 4 is 0 Å². The Morgan fingerprint density at radius 1 is 0.882 bits per heavy atom. The van der Waals surface area contributed by atoms with Crippen LogP contribution in [0.2, 0.25) is 0 Å². The molecular formula is C15H28N2. The minimum atomic E-state index is 1.05. The Hall–Kier alpha value is -0.0800. The second-order valence-electron chi connectivity index (χ2n) is 6.38. The van der Waals surface area contributed by atoms with Crippen LogP contribution in [0.15, 0.2) is 0 Å². The SMILES string of the molecule is C1CCN(CCNCC2C3CCCCC32)CC1. The molecule has 1 heterocycles. The molecule has 2 nitrogen and oxygen atoms in total. The molecule has 0 bridgehead atoms. The Kier molecular flexibility index (Phi) is 4.02. The van der Waals surface area contributed by atoms with Gasteiger partial charge in [0.25, 0.3) is 0 Å². The largest absolute Gasteiger partial charge is 0.315 e. The Morgan fingerprint density at radius 3 is 2.29 bits per heavy atom. The van der Waals surface area contributed by atoms with E-state index in [2.05, 4.69) is 10.2 Å². The van der Waals surface area contributed by atoms with E-state index in [1.165, 1.54) is 77.7 Å². The molecule has 2 aliphatic carbocycles. The summed E-state index contributed by atoms with van der Waals surface area (Å²) >= 11 is 0. The zero-order valence-electron chi connectivity index (χ0n) is 11.2. The first-order chi connectivity index (χ1) is 8.45. The number of nitrogens with zero attached hydrogens (tertiary/aromatic N) is 1. The van der Waals surface area contributed by atoms with E-state index in [0.717, 1.165) is 17.8 Å². The molecule has 3 rings (SSSR count). The molecule has 3 aliphatic rings. The number of nitrogens with one attached hydrogen (secondary N) is 1. The first kappa shape index (κ1) is 12.0. The molecule has 1 N–H and O–H groups in total. The van der Waals surface area contributed by atoms with Crippen LogP contribution in [0.3, 0.4) is 0 Å². The Labute approximate surface area is 106 Å². The van der Waals surface area contributed by atoms with E-state index >= 15 is 0 Å². The fourth-order valence-electron chi connectivity index (χ4n) is 4.13. The summed E-state index contributed by atoms with van der Waals surface area (Å²) in [6.07, 6.45) is 10.4. The quantitative estimate of drug-likeness (QED) is 0.738. The van der Waals surface area contributed by atoms with Crippen molar-refractivity contribution in [2.24, 2.45) is 17.8 Å². The molecule has 0 radical (unpaired) electrons. The molecule has 98 valence electrons. The van der Waals surface area contributed by atoms with E-state index in [9.17, 15) is 0 Å². The van der Waals surface area contributed by atoms with Gasteiger partial charge in [-0.2, -0.15) is 0 Å². The lowest BCUT2D eigenvalue weighted by molar-refractivity contribution is 0.228. The number of hydrogen-bond donors (Lipinski definition) is 1. The van der Waals surface area contributed by atoms with Crippen molar-refractivity contribution < 1.29 is 0 Å². The average molecular weight is 236 g/mol. The smallest absolute Gasteiger partial charge is 0.0107 e. The summed E-state index contributed by atoms with van der Waals surface area (Å²) in [4.78, 5) is 2.64. The van der Waals surface area contributed by atoms with E-state index in [0.29, 0.717) is 0 Å². The number of fused-ring (bicyclic) bond motifs is 1. The standard InChI is InChI=1S/C15H28N2/c1-4-9-17(10-5-1)11-8-16-12-15-13-6-2-3-7-14(13)15/h13-16H,1-12H2. The predicted molar refractivity (Wildman–Crippen MR) is 72.1 cm³/mol. The molecule has 0 aromatic rings. The van der Waals surface area contributed by atoms with Crippen molar-refractivity contribution in [2.75, 3.05) is 32.7 Å². The van der Waals surface area contributed by atoms with Gasteiger partial charge in [0.1, 0.15) is 0 Å². The van der Waals surface area contributed by atoms with E-state index in [1.54, 1.807) is 0 Å². The number of piperidine rings is 1.